The Morgan fingerprint density at radius 1 is 1.32 bits per heavy atom. The van der Waals surface area contributed by atoms with E-state index >= 15 is 0 Å². The van der Waals surface area contributed by atoms with Gasteiger partial charge in [0.2, 0.25) is 0 Å². The van der Waals surface area contributed by atoms with Gasteiger partial charge >= 0.3 is 11.9 Å². The molecule has 1 aromatic carbocycles. The number of aliphatic hydroxyl groups excluding tert-OH is 1. The molecule has 0 spiro atoms. The first kappa shape index (κ1) is 15.7. The van der Waals surface area contributed by atoms with Crippen molar-refractivity contribution in [3.63, 3.8) is 0 Å². The van der Waals surface area contributed by atoms with Crippen molar-refractivity contribution in [2.45, 2.75) is 19.4 Å². The summed E-state index contributed by atoms with van der Waals surface area (Å²) in [6, 6.07) is 7.01. The number of esters is 1. The maximum atomic E-state index is 11.4. The van der Waals surface area contributed by atoms with E-state index in [-0.39, 0.29) is 13.0 Å². The standard InChI is InChI=1S/C13H15BrO5/c1-2-19-13(18)11(15)10(12(16)17)7-8-3-5-9(14)6-4-8/h3-6,10-11,15H,2,7H2,1H3,(H,16,17)/t10-,11+/m1/s1. The Morgan fingerprint density at radius 3 is 2.37 bits per heavy atom. The molecule has 0 fully saturated rings. The minimum atomic E-state index is -1.67. The Kier molecular flexibility index (Phi) is 5.98. The topological polar surface area (TPSA) is 83.8 Å². The fourth-order valence-electron chi connectivity index (χ4n) is 1.60. The Balaban J connectivity index is 2.80. The van der Waals surface area contributed by atoms with Crippen LogP contribution in [0.1, 0.15) is 12.5 Å². The highest BCUT2D eigenvalue weighted by Gasteiger charge is 2.33. The Morgan fingerprint density at radius 2 is 1.89 bits per heavy atom. The number of benzene rings is 1. The van der Waals surface area contributed by atoms with Gasteiger partial charge in [0.05, 0.1) is 12.5 Å². The van der Waals surface area contributed by atoms with Gasteiger partial charge in [0, 0.05) is 4.47 Å². The lowest BCUT2D eigenvalue weighted by Gasteiger charge is -2.17. The third-order valence-electron chi connectivity index (χ3n) is 2.60. The molecule has 1 aromatic rings. The number of carbonyl (C=O) groups is 2. The molecule has 0 heterocycles. The first-order chi connectivity index (χ1) is 8.95. The number of carboxylic acid groups (broad SMARTS) is 1. The van der Waals surface area contributed by atoms with Crippen LogP contribution in [0.15, 0.2) is 28.7 Å². The molecule has 104 valence electrons. The summed E-state index contributed by atoms with van der Waals surface area (Å²) in [4.78, 5) is 22.5. The van der Waals surface area contributed by atoms with E-state index in [1.807, 2.05) is 0 Å². The molecule has 2 atom stereocenters. The molecule has 0 aliphatic rings. The zero-order chi connectivity index (χ0) is 14.4. The molecule has 19 heavy (non-hydrogen) atoms. The van der Waals surface area contributed by atoms with Crippen LogP contribution in [0.5, 0.6) is 0 Å². The lowest BCUT2D eigenvalue weighted by atomic mass is 9.94. The van der Waals surface area contributed by atoms with E-state index in [0.717, 1.165) is 10.0 Å². The van der Waals surface area contributed by atoms with Gasteiger partial charge < -0.3 is 14.9 Å². The zero-order valence-corrected chi connectivity index (χ0v) is 12.0. The second-order valence-electron chi connectivity index (χ2n) is 3.97. The number of carbonyl (C=O) groups excluding carboxylic acids is 1. The number of hydrogen-bond donors (Lipinski definition) is 2. The third kappa shape index (κ3) is 4.65. The van der Waals surface area contributed by atoms with Gasteiger partial charge in [-0.05, 0) is 31.0 Å². The zero-order valence-electron chi connectivity index (χ0n) is 10.4. The van der Waals surface area contributed by atoms with E-state index in [0.29, 0.717) is 0 Å². The second-order valence-corrected chi connectivity index (χ2v) is 4.89. The quantitative estimate of drug-likeness (QED) is 0.774. The molecule has 0 aliphatic heterocycles. The summed E-state index contributed by atoms with van der Waals surface area (Å²) in [6.07, 6.45) is -1.61. The lowest BCUT2D eigenvalue weighted by molar-refractivity contribution is -0.163. The van der Waals surface area contributed by atoms with Crippen molar-refractivity contribution in [3.05, 3.63) is 34.3 Å². The van der Waals surface area contributed by atoms with Crippen LogP contribution < -0.4 is 0 Å². The molecule has 0 aromatic heterocycles. The van der Waals surface area contributed by atoms with Crippen LogP contribution in [-0.4, -0.2) is 34.9 Å². The summed E-state index contributed by atoms with van der Waals surface area (Å²) in [6.45, 7) is 1.69. The van der Waals surface area contributed by atoms with Gasteiger partial charge in [-0.1, -0.05) is 28.1 Å². The Labute approximate surface area is 119 Å². The molecule has 6 heteroatoms. The highest BCUT2D eigenvalue weighted by atomic mass is 79.9. The van der Waals surface area contributed by atoms with Gasteiger partial charge in [-0.2, -0.15) is 0 Å². The highest BCUT2D eigenvalue weighted by molar-refractivity contribution is 9.10. The molecule has 0 saturated heterocycles. The number of aliphatic carboxylic acids is 1. The first-order valence-corrected chi connectivity index (χ1v) is 6.57. The smallest absolute Gasteiger partial charge is 0.335 e. The van der Waals surface area contributed by atoms with Crippen molar-refractivity contribution in [1.29, 1.82) is 0 Å². The lowest BCUT2D eigenvalue weighted by Crippen LogP contribution is -2.37. The van der Waals surface area contributed by atoms with E-state index in [1.165, 1.54) is 0 Å². The van der Waals surface area contributed by atoms with E-state index in [4.69, 9.17) is 5.11 Å². The van der Waals surface area contributed by atoms with Crippen LogP contribution in [0.4, 0.5) is 0 Å². The van der Waals surface area contributed by atoms with Crippen molar-refractivity contribution < 1.29 is 24.5 Å². The fourth-order valence-corrected chi connectivity index (χ4v) is 1.86. The molecule has 0 radical (unpaired) electrons. The highest BCUT2D eigenvalue weighted by Crippen LogP contribution is 2.17. The summed E-state index contributed by atoms with van der Waals surface area (Å²) >= 11 is 3.27. The summed E-state index contributed by atoms with van der Waals surface area (Å²) in [5.74, 6) is -3.37. The minimum Gasteiger partial charge on any atom is -0.481 e. The van der Waals surface area contributed by atoms with Crippen LogP contribution in [0, 0.1) is 5.92 Å². The molecule has 2 N–H and O–H groups in total. The maximum Gasteiger partial charge on any atom is 0.335 e. The SMILES string of the molecule is CCOC(=O)[C@@H](O)[C@@H](Cc1ccc(Br)cc1)C(=O)O. The number of ether oxygens (including phenoxy) is 1. The molecule has 0 unspecified atom stereocenters. The third-order valence-corrected chi connectivity index (χ3v) is 3.12. The number of carboxylic acids is 1. The predicted molar refractivity (Wildman–Crippen MR) is 71.6 cm³/mol. The number of aliphatic hydroxyl groups is 1. The summed E-state index contributed by atoms with van der Waals surface area (Å²) < 4.78 is 5.50. The van der Waals surface area contributed by atoms with Crippen LogP contribution in [0.2, 0.25) is 0 Å². The average molecular weight is 331 g/mol. The molecule has 0 amide bonds. The largest absolute Gasteiger partial charge is 0.481 e. The van der Waals surface area contributed by atoms with E-state index in [9.17, 15) is 14.7 Å². The van der Waals surface area contributed by atoms with Gasteiger partial charge in [-0.25, -0.2) is 4.79 Å². The average Bonchev–Trinajstić information content (AvgIpc) is 2.37. The van der Waals surface area contributed by atoms with Crippen LogP contribution >= 0.6 is 15.9 Å². The van der Waals surface area contributed by atoms with Gasteiger partial charge in [0.15, 0.2) is 6.10 Å². The van der Waals surface area contributed by atoms with E-state index in [2.05, 4.69) is 20.7 Å². The van der Waals surface area contributed by atoms with Crippen LogP contribution in [-0.2, 0) is 20.7 Å². The van der Waals surface area contributed by atoms with E-state index < -0.39 is 24.0 Å². The van der Waals surface area contributed by atoms with E-state index in [1.54, 1.807) is 31.2 Å². The van der Waals surface area contributed by atoms with Gasteiger partial charge in [0.1, 0.15) is 0 Å². The van der Waals surface area contributed by atoms with Crippen LogP contribution in [0.3, 0.4) is 0 Å². The number of rotatable bonds is 6. The van der Waals surface area contributed by atoms with Crippen molar-refractivity contribution in [1.82, 2.24) is 0 Å². The molecule has 0 aliphatic carbocycles. The maximum absolute atomic E-state index is 11.4. The van der Waals surface area contributed by atoms with Crippen molar-refractivity contribution >= 4 is 27.9 Å². The fraction of sp³-hybridized carbons (Fsp3) is 0.385. The van der Waals surface area contributed by atoms with Gasteiger partial charge in [0.25, 0.3) is 0 Å². The summed E-state index contributed by atoms with van der Waals surface area (Å²) in [5, 5.41) is 18.8. The summed E-state index contributed by atoms with van der Waals surface area (Å²) in [7, 11) is 0. The first-order valence-electron chi connectivity index (χ1n) is 5.77. The van der Waals surface area contributed by atoms with Crippen molar-refractivity contribution in [3.8, 4) is 0 Å². The molecular formula is C13H15BrO5. The normalized spacial score (nSPS) is 13.6. The predicted octanol–water partition coefficient (Wildman–Crippen LogP) is 1.62. The Hall–Kier alpha value is -1.40. The molecule has 0 bridgehead atoms. The van der Waals surface area contributed by atoms with Gasteiger partial charge in [-0.15, -0.1) is 0 Å². The van der Waals surface area contributed by atoms with Crippen molar-refractivity contribution in [2.24, 2.45) is 5.92 Å². The minimum absolute atomic E-state index is 0.0581. The van der Waals surface area contributed by atoms with Crippen LogP contribution in [0.25, 0.3) is 0 Å². The summed E-state index contributed by atoms with van der Waals surface area (Å²) in [5.41, 5.74) is 0.721. The molecule has 1 rings (SSSR count). The number of hydrogen-bond acceptors (Lipinski definition) is 4. The molecular weight excluding hydrogens is 316 g/mol. The Bertz CT molecular complexity index is 443. The number of halogens is 1. The second kappa shape index (κ2) is 7.25. The van der Waals surface area contributed by atoms with Crippen molar-refractivity contribution in [2.75, 3.05) is 6.61 Å². The van der Waals surface area contributed by atoms with Gasteiger partial charge in [-0.3, -0.25) is 4.79 Å². The monoisotopic (exact) mass is 330 g/mol. The molecule has 0 saturated carbocycles. The molecule has 5 nitrogen and oxygen atoms in total.